The van der Waals surface area contributed by atoms with Gasteiger partial charge in [0.1, 0.15) is 0 Å². The third-order valence-corrected chi connectivity index (χ3v) is 5.72. The highest BCUT2D eigenvalue weighted by molar-refractivity contribution is 7.92. The molecule has 0 N–H and O–H groups in total. The molecule has 1 fully saturated rings. The summed E-state index contributed by atoms with van der Waals surface area (Å²) < 4.78 is 61.4. The van der Waals surface area contributed by atoms with Gasteiger partial charge in [0.2, 0.25) is 0 Å². The maximum atomic E-state index is 12.7. The predicted octanol–water partition coefficient (Wildman–Crippen LogP) is 3.07. The van der Waals surface area contributed by atoms with E-state index in [0.29, 0.717) is 18.8 Å². The van der Waals surface area contributed by atoms with Crippen molar-refractivity contribution in [3.8, 4) is 0 Å². The lowest BCUT2D eigenvalue weighted by Crippen LogP contribution is -2.56. The molecule has 0 radical (unpaired) electrons. The highest BCUT2D eigenvalue weighted by Gasteiger charge is 2.47. The lowest BCUT2D eigenvalue weighted by molar-refractivity contribution is -0.0436. The highest BCUT2D eigenvalue weighted by Crippen LogP contribution is 2.32. The maximum Gasteiger partial charge on any atom is 0.501 e. The third kappa shape index (κ3) is 3.59. The van der Waals surface area contributed by atoms with Gasteiger partial charge in [-0.05, 0) is 32.0 Å². The maximum absolute atomic E-state index is 12.7. The molecule has 1 saturated heterocycles. The number of nitrogens with zero attached hydrogens (tertiary/aromatic N) is 2. The van der Waals surface area contributed by atoms with E-state index in [2.05, 4.69) is 11.5 Å². The van der Waals surface area contributed by atoms with Gasteiger partial charge in [0.25, 0.3) is 9.84 Å². The van der Waals surface area contributed by atoms with Gasteiger partial charge in [-0.1, -0.05) is 12.1 Å². The van der Waals surface area contributed by atoms with Crippen LogP contribution in [0.2, 0.25) is 0 Å². The SMILES string of the molecule is C=CCN1[C@H](C)CN(c2cccc(S(=O)(=O)C(F)(F)F)c2)C[C@@H]1C. The molecule has 0 unspecified atom stereocenters. The normalized spacial score (nSPS) is 23.3. The Morgan fingerprint density at radius 1 is 1.25 bits per heavy atom. The fourth-order valence-electron chi connectivity index (χ4n) is 3.06. The second-order valence-electron chi connectivity index (χ2n) is 6.04. The molecule has 0 bridgehead atoms. The van der Waals surface area contributed by atoms with Crippen molar-refractivity contribution in [3.05, 3.63) is 36.9 Å². The molecule has 0 aliphatic carbocycles. The lowest BCUT2D eigenvalue weighted by Gasteiger charge is -2.45. The number of hydrogen-bond acceptors (Lipinski definition) is 4. The van der Waals surface area contributed by atoms with Crippen molar-refractivity contribution in [2.45, 2.75) is 36.3 Å². The summed E-state index contributed by atoms with van der Waals surface area (Å²) >= 11 is 0. The van der Waals surface area contributed by atoms with Crippen LogP contribution in [-0.2, 0) is 9.84 Å². The van der Waals surface area contributed by atoms with Crippen molar-refractivity contribution >= 4 is 15.5 Å². The van der Waals surface area contributed by atoms with Gasteiger partial charge in [-0.2, -0.15) is 13.2 Å². The summed E-state index contributed by atoms with van der Waals surface area (Å²) in [6.45, 7) is 9.74. The Balaban J connectivity index is 2.29. The van der Waals surface area contributed by atoms with Crippen LogP contribution in [0.3, 0.4) is 0 Å². The van der Waals surface area contributed by atoms with Gasteiger partial charge in [0.05, 0.1) is 4.90 Å². The fraction of sp³-hybridized carbons (Fsp3) is 0.500. The first-order valence-corrected chi connectivity index (χ1v) is 9.09. The Kier molecular flexibility index (Phi) is 5.29. The van der Waals surface area contributed by atoms with Crippen molar-refractivity contribution in [2.75, 3.05) is 24.5 Å². The van der Waals surface area contributed by atoms with E-state index in [1.54, 1.807) is 6.07 Å². The number of benzene rings is 1. The minimum atomic E-state index is -5.33. The summed E-state index contributed by atoms with van der Waals surface area (Å²) in [6, 6.07) is 5.42. The average molecular weight is 362 g/mol. The molecule has 134 valence electrons. The first kappa shape index (κ1) is 18.8. The third-order valence-electron chi connectivity index (χ3n) is 4.24. The Hall–Kier alpha value is -1.54. The summed E-state index contributed by atoms with van der Waals surface area (Å²) in [5.74, 6) is 0. The Morgan fingerprint density at radius 2 is 1.83 bits per heavy atom. The zero-order valence-corrected chi connectivity index (χ0v) is 14.4. The van der Waals surface area contributed by atoms with Gasteiger partial charge in [-0.3, -0.25) is 4.90 Å². The molecule has 0 saturated carbocycles. The number of sulfone groups is 1. The second-order valence-corrected chi connectivity index (χ2v) is 7.98. The zero-order valence-electron chi connectivity index (χ0n) is 13.6. The van der Waals surface area contributed by atoms with E-state index in [0.717, 1.165) is 18.7 Å². The van der Waals surface area contributed by atoms with E-state index in [1.165, 1.54) is 6.07 Å². The number of rotatable bonds is 4. The van der Waals surface area contributed by atoms with Crippen LogP contribution in [0.4, 0.5) is 18.9 Å². The molecule has 1 aromatic rings. The van der Waals surface area contributed by atoms with Crippen LogP contribution in [0.15, 0.2) is 41.8 Å². The molecule has 0 amide bonds. The Bertz CT molecular complexity index is 692. The minimum absolute atomic E-state index is 0.176. The molecule has 1 aromatic carbocycles. The number of hydrogen-bond donors (Lipinski definition) is 0. The molecule has 0 aromatic heterocycles. The van der Waals surface area contributed by atoms with Gasteiger partial charge in [0.15, 0.2) is 0 Å². The topological polar surface area (TPSA) is 40.6 Å². The molecule has 4 nitrogen and oxygen atoms in total. The van der Waals surface area contributed by atoms with Crippen molar-refractivity contribution in [2.24, 2.45) is 0 Å². The summed E-state index contributed by atoms with van der Waals surface area (Å²) in [5.41, 5.74) is -4.81. The van der Waals surface area contributed by atoms with Crippen LogP contribution in [-0.4, -0.2) is 50.5 Å². The van der Waals surface area contributed by atoms with Crippen molar-refractivity contribution in [1.29, 1.82) is 0 Å². The predicted molar refractivity (Wildman–Crippen MR) is 87.7 cm³/mol. The molecule has 0 spiro atoms. The molecule has 1 aliphatic heterocycles. The zero-order chi connectivity index (χ0) is 18.1. The quantitative estimate of drug-likeness (QED) is 0.772. The first-order valence-electron chi connectivity index (χ1n) is 7.61. The Labute approximate surface area is 140 Å². The molecule has 2 atom stereocenters. The largest absolute Gasteiger partial charge is 0.501 e. The number of halogens is 3. The van der Waals surface area contributed by atoms with Gasteiger partial charge >= 0.3 is 5.51 Å². The summed E-state index contributed by atoms with van der Waals surface area (Å²) in [5, 5.41) is 0. The molecule has 2 rings (SSSR count). The smallest absolute Gasteiger partial charge is 0.368 e. The van der Waals surface area contributed by atoms with E-state index >= 15 is 0 Å². The van der Waals surface area contributed by atoms with Crippen molar-refractivity contribution in [1.82, 2.24) is 4.90 Å². The standard InChI is InChI=1S/C16H21F3N2O2S/c1-4-8-21-12(2)10-20(11-13(21)3)14-6-5-7-15(9-14)24(22,23)16(17,18)19/h4-7,9,12-13H,1,8,10-11H2,2-3H3/t12-,13+. The number of piperazine rings is 1. The van der Waals surface area contributed by atoms with Crippen molar-refractivity contribution < 1.29 is 21.6 Å². The van der Waals surface area contributed by atoms with Gasteiger partial charge < -0.3 is 4.90 Å². The molecular formula is C16H21F3N2O2S. The number of anilines is 1. The van der Waals surface area contributed by atoms with Gasteiger partial charge in [0, 0.05) is 37.4 Å². The second kappa shape index (κ2) is 6.76. The van der Waals surface area contributed by atoms with E-state index in [-0.39, 0.29) is 12.1 Å². The highest BCUT2D eigenvalue weighted by atomic mass is 32.2. The van der Waals surface area contributed by atoms with Crippen LogP contribution in [0.25, 0.3) is 0 Å². The van der Waals surface area contributed by atoms with Crippen molar-refractivity contribution in [3.63, 3.8) is 0 Å². The summed E-state index contributed by atoms with van der Waals surface area (Å²) in [6.07, 6.45) is 1.82. The molecule has 8 heteroatoms. The van der Waals surface area contributed by atoms with E-state index < -0.39 is 20.2 Å². The summed E-state index contributed by atoms with van der Waals surface area (Å²) in [7, 11) is -5.33. The fourth-order valence-corrected chi connectivity index (χ4v) is 3.86. The summed E-state index contributed by atoms with van der Waals surface area (Å²) in [4.78, 5) is 3.45. The lowest BCUT2D eigenvalue weighted by atomic mass is 10.1. The Morgan fingerprint density at radius 3 is 2.33 bits per heavy atom. The van der Waals surface area contributed by atoms with Crippen LogP contribution in [0.5, 0.6) is 0 Å². The van der Waals surface area contributed by atoms with Gasteiger partial charge in [-0.15, -0.1) is 6.58 Å². The first-order chi connectivity index (χ1) is 11.1. The molecular weight excluding hydrogens is 341 g/mol. The molecule has 1 aliphatic rings. The van der Waals surface area contributed by atoms with Gasteiger partial charge in [-0.25, -0.2) is 8.42 Å². The van der Waals surface area contributed by atoms with E-state index in [4.69, 9.17) is 0 Å². The minimum Gasteiger partial charge on any atom is -0.368 e. The van der Waals surface area contributed by atoms with Crippen LogP contribution in [0.1, 0.15) is 13.8 Å². The molecule has 1 heterocycles. The number of alkyl halides is 3. The average Bonchev–Trinajstić information content (AvgIpc) is 2.49. The van der Waals surface area contributed by atoms with Crippen LogP contribution >= 0.6 is 0 Å². The van der Waals surface area contributed by atoms with E-state index in [9.17, 15) is 21.6 Å². The van der Waals surface area contributed by atoms with Crippen LogP contribution < -0.4 is 4.90 Å². The monoisotopic (exact) mass is 362 g/mol. The molecule has 24 heavy (non-hydrogen) atoms. The van der Waals surface area contributed by atoms with E-state index in [1.807, 2.05) is 24.8 Å². The van der Waals surface area contributed by atoms with Crippen LogP contribution in [0, 0.1) is 0 Å².